The first-order chi connectivity index (χ1) is 8.42. The van der Waals surface area contributed by atoms with Crippen LogP contribution >= 0.6 is 12.4 Å². The van der Waals surface area contributed by atoms with Gasteiger partial charge < -0.3 is 5.32 Å². The maximum absolute atomic E-state index is 4.48. The van der Waals surface area contributed by atoms with Crippen molar-refractivity contribution in [3.05, 3.63) is 42.4 Å². The highest BCUT2D eigenvalue weighted by molar-refractivity contribution is 5.85. The molecule has 18 heavy (non-hydrogen) atoms. The monoisotopic (exact) mass is 264 g/mol. The van der Waals surface area contributed by atoms with E-state index in [0.717, 1.165) is 31.6 Å². The first kappa shape index (κ1) is 13.2. The fourth-order valence-electron chi connectivity index (χ4n) is 2.73. The fourth-order valence-corrected chi connectivity index (χ4v) is 2.73. The van der Waals surface area contributed by atoms with Crippen LogP contribution in [-0.2, 0) is 5.54 Å². The Morgan fingerprint density at radius 2 is 2.06 bits per heavy atom. The van der Waals surface area contributed by atoms with Crippen molar-refractivity contribution in [2.24, 2.45) is 16.1 Å². The summed E-state index contributed by atoms with van der Waals surface area (Å²) in [6, 6.07) is 6.01. The van der Waals surface area contributed by atoms with E-state index in [2.05, 4.69) is 32.7 Å². The van der Waals surface area contributed by atoms with Crippen molar-refractivity contribution in [3.63, 3.8) is 0 Å². The zero-order chi connectivity index (χ0) is 11.6. The molecule has 1 saturated heterocycles. The van der Waals surface area contributed by atoms with Gasteiger partial charge in [0.15, 0.2) is 0 Å². The Balaban J connectivity index is 0.00000120. The van der Waals surface area contributed by atoms with Gasteiger partial charge in [0.2, 0.25) is 0 Å². The number of hydrogen-bond donors (Lipinski definition) is 1. The normalized spacial score (nSPS) is 27.1. The van der Waals surface area contributed by atoms with E-state index in [1.807, 2.05) is 18.3 Å². The molecular formula is C13H17ClN4. The highest BCUT2D eigenvalue weighted by atomic mass is 35.5. The Morgan fingerprint density at radius 3 is 2.67 bits per heavy atom. The third-order valence-corrected chi connectivity index (χ3v) is 3.66. The van der Waals surface area contributed by atoms with Crippen molar-refractivity contribution in [1.82, 2.24) is 10.3 Å². The second-order valence-electron chi connectivity index (χ2n) is 4.60. The number of aromatic nitrogens is 1. The zero-order valence-corrected chi connectivity index (χ0v) is 10.9. The molecule has 96 valence electrons. The van der Waals surface area contributed by atoms with E-state index in [9.17, 15) is 0 Å². The topological polar surface area (TPSA) is 49.6 Å². The lowest BCUT2D eigenvalue weighted by atomic mass is 9.76. The molecule has 2 aliphatic rings. The van der Waals surface area contributed by atoms with Gasteiger partial charge in [-0.1, -0.05) is 6.07 Å². The Hall–Kier alpha value is -1.26. The number of nitrogens with one attached hydrogen (secondary N) is 1. The van der Waals surface area contributed by atoms with Crippen LogP contribution in [0.25, 0.3) is 0 Å². The summed E-state index contributed by atoms with van der Waals surface area (Å²) in [5.74, 6) is 0.501. The van der Waals surface area contributed by atoms with Crippen molar-refractivity contribution < 1.29 is 0 Å². The summed E-state index contributed by atoms with van der Waals surface area (Å²) in [6.45, 7) is 2.12. The molecule has 2 aliphatic heterocycles. The molecule has 4 nitrogen and oxygen atoms in total. The third kappa shape index (κ3) is 2.18. The molecule has 0 radical (unpaired) electrons. The van der Waals surface area contributed by atoms with E-state index in [0.29, 0.717) is 5.92 Å². The minimum absolute atomic E-state index is 0. The maximum atomic E-state index is 4.48. The third-order valence-electron chi connectivity index (χ3n) is 3.66. The van der Waals surface area contributed by atoms with E-state index < -0.39 is 0 Å². The number of nitrogens with zero attached hydrogens (tertiary/aromatic N) is 3. The lowest BCUT2D eigenvalue weighted by molar-refractivity contribution is 0.257. The minimum atomic E-state index is -0.316. The largest absolute Gasteiger partial charge is 0.317 e. The van der Waals surface area contributed by atoms with Crippen molar-refractivity contribution in [2.45, 2.75) is 18.4 Å². The van der Waals surface area contributed by atoms with Gasteiger partial charge >= 0.3 is 0 Å². The second-order valence-corrected chi connectivity index (χ2v) is 4.60. The van der Waals surface area contributed by atoms with Gasteiger partial charge in [-0.15, -0.1) is 12.4 Å². The van der Waals surface area contributed by atoms with Crippen LogP contribution < -0.4 is 5.32 Å². The number of piperidine rings is 1. The first-order valence-electron chi connectivity index (χ1n) is 6.14. The second kappa shape index (κ2) is 5.59. The zero-order valence-electron chi connectivity index (χ0n) is 10.1. The van der Waals surface area contributed by atoms with E-state index in [1.165, 1.54) is 0 Å². The van der Waals surface area contributed by atoms with E-state index in [-0.39, 0.29) is 17.9 Å². The molecule has 0 saturated carbocycles. The molecule has 0 spiro atoms. The predicted molar refractivity (Wildman–Crippen MR) is 72.8 cm³/mol. The number of rotatable bonds is 2. The van der Waals surface area contributed by atoms with E-state index >= 15 is 0 Å². The van der Waals surface area contributed by atoms with Gasteiger partial charge in [-0.25, -0.2) is 0 Å². The van der Waals surface area contributed by atoms with Crippen LogP contribution in [0.15, 0.2) is 46.9 Å². The molecule has 3 rings (SSSR count). The minimum Gasteiger partial charge on any atom is -0.317 e. The molecule has 3 heterocycles. The molecular weight excluding hydrogens is 248 g/mol. The number of pyridine rings is 1. The number of azo groups is 1. The summed E-state index contributed by atoms with van der Waals surface area (Å²) >= 11 is 0. The standard InChI is InChI=1S/C13H16N4.ClH/c1-2-7-15-12(3-1)13(6-10-16-17-13)11-4-8-14-9-5-11;/h1-3,6-7,10-11,14H,4-5,8-9H2;1H. The summed E-state index contributed by atoms with van der Waals surface area (Å²) in [4.78, 5) is 4.48. The SMILES string of the molecule is C1=CC(c2ccccn2)(C2CCNCC2)N=N1.Cl. The summed E-state index contributed by atoms with van der Waals surface area (Å²) < 4.78 is 0. The van der Waals surface area contributed by atoms with Crippen LogP contribution in [0.4, 0.5) is 0 Å². The van der Waals surface area contributed by atoms with Crippen molar-refractivity contribution in [1.29, 1.82) is 0 Å². The van der Waals surface area contributed by atoms with Crippen molar-refractivity contribution in [2.75, 3.05) is 13.1 Å². The Kier molecular flexibility index (Phi) is 4.09. The smallest absolute Gasteiger partial charge is 0.146 e. The molecule has 1 aromatic rings. The predicted octanol–water partition coefficient (Wildman–Crippen LogP) is 2.68. The highest BCUT2D eigenvalue weighted by Gasteiger charge is 2.41. The van der Waals surface area contributed by atoms with Gasteiger partial charge in [0.05, 0.1) is 5.69 Å². The molecule has 0 amide bonds. The molecule has 1 unspecified atom stereocenters. The number of hydrogen-bond acceptors (Lipinski definition) is 4. The molecule has 1 aromatic heterocycles. The summed E-state index contributed by atoms with van der Waals surface area (Å²) in [5, 5.41) is 11.9. The van der Waals surface area contributed by atoms with Gasteiger partial charge in [-0.05, 0) is 50.1 Å². The Labute approximate surface area is 113 Å². The van der Waals surface area contributed by atoms with Crippen LogP contribution in [0.1, 0.15) is 18.5 Å². The van der Waals surface area contributed by atoms with Crippen LogP contribution in [0.2, 0.25) is 0 Å². The summed E-state index contributed by atoms with van der Waals surface area (Å²) in [7, 11) is 0. The van der Waals surface area contributed by atoms with Crippen LogP contribution in [0.3, 0.4) is 0 Å². The lowest BCUT2D eigenvalue weighted by Crippen LogP contribution is -2.39. The molecule has 5 heteroatoms. The summed E-state index contributed by atoms with van der Waals surface area (Å²) in [5.41, 5.74) is 0.702. The summed E-state index contributed by atoms with van der Waals surface area (Å²) in [6.07, 6.45) is 7.99. The van der Waals surface area contributed by atoms with Gasteiger partial charge in [-0.2, -0.15) is 10.2 Å². The average Bonchev–Trinajstić information content (AvgIpc) is 2.91. The van der Waals surface area contributed by atoms with Gasteiger partial charge in [-0.3, -0.25) is 4.98 Å². The fraction of sp³-hybridized carbons (Fsp3) is 0.462. The Bertz CT molecular complexity index is 426. The van der Waals surface area contributed by atoms with E-state index in [1.54, 1.807) is 6.20 Å². The molecule has 0 bridgehead atoms. The average molecular weight is 265 g/mol. The van der Waals surface area contributed by atoms with Crippen molar-refractivity contribution in [3.8, 4) is 0 Å². The van der Waals surface area contributed by atoms with Gasteiger partial charge in [0, 0.05) is 12.4 Å². The first-order valence-corrected chi connectivity index (χ1v) is 6.14. The van der Waals surface area contributed by atoms with Crippen LogP contribution in [0.5, 0.6) is 0 Å². The molecule has 0 aromatic carbocycles. The lowest BCUT2D eigenvalue weighted by Gasteiger charge is -2.34. The van der Waals surface area contributed by atoms with E-state index in [4.69, 9.17) is 0 Å². The van der Waals surface area contributed by atoms with Crippen LogP contribution in [-0.4, -0.2) is 18.1 Å². The maximum Gasteiger partial charge on any atom is 0.146 e. The Morgan fingerprint density at radius 1 is 1.22 bits per heavy atom. The van der Waals surface area contributed by atoms with Crippen molar-refractivity contribution >= 4 is 12.4 Å². The molecule has 1 fully saturated rings. The molecule has 1 atom stereocenters. The van der Waals surface area contributed by atoms with Crippen LogP contribution in [0, 0.1) is 5.92 Å². The quantitative estimate of drug-likeness (QED) is 0.893. The van der Waals surface area contributed by atoms with Gasteiger partial charge in [0.1, 0.15) is 5.54 Å². The molecule has 1 N–H and O–H groups in total. The van der Waals surface area contributed by atoms with Gasteiger partial charge in [0.25, 0.3) is 0 Å². The number of halogens is 1. The molecule has 0 aliphatic carbocycles. The highest BCUT2D eigenvalue weighted by Crippen LogP contribution is 2.41.